The Morgan fingerprint density at radius 1 is 1.25 bits per heavy atom. The van der Waals surface area contributed by atoms with E-state index in [4.69, 9.17) is 0 Å². The second-order valence-corrected chi connectivity index (χ2v) is 9.35. The molecule has 0 heterocycles. The Hall–Kier alpha value is -1.49. The summed E-state index contributed by atoms with van der Waals surface area (Å²) in [6, 6.07) is 5.36. The molecular formula is C14H22N2O6S2. The number of sulfone groups is 1. The van der Waals surface area contributed by atoms with Gasteiger partial charge in [-0.3, -0.25) is 4.79 Å². The van der Waals surface area contributed by atoms with Crippen molar-refractivity contribution in [3.63, 3.8) is 0 Å². The second-order valence-electron chi connectivity index (χ2n) is 5.33. The number of nitrogens with one attached hydrogen (secondary N) is 2. The molecule has 1 aromatic carbocycles. The molecule has 1 atom stereocenters. The lowest BCUT2D eigenvalue weighted by molar-refractivity contribution is 0.0956. The standard InChI is InChI=1S/C14H22N2O6S2/c1-3-12(17)10-16-24(21,22)13-6-4-5-11(9-13)14(18)15-7-8-23(2,19)20/h4-6,9,12,16-17H,3,7-8,10H2,1-2H3,(H,15,18)/t12-/m1/s1. The third-order valence-corrected chi connectivity index (χ3v) is 5.51. The molecule has 0 spiro atoms. The van der Waals surface area contributed by atoms with Crippen LogP contribution in [-0.2, 0) is 19.9 Å². The summed E-state index contributed by atoms with van der Waals surface area (Å²) >= 11 is 0. The number of rotatable bonds is 9. The van der Waals surface area contributed by atoms with Crippen LogP contribution in [0.2, 0.25) is 0 Å². The maximum atomic E-state index is 12.1. The molecule has 0 unspecified atom stereocenters. The summed E-state index contributed by atoms with van der Waals surface area (Å²) in [5, 5.41) is 11.9. The van der Waals surface area contributed by atoms with E-state index in [2.05, 4.69) is 10.0 Å². The molecule has 0 saturated heterocycles. The van der Waals surface area contributed by atoms with Crippen LogP contribution in [0.3, 0.4) is 0 Å². The van der Waals surface area contributed by atoms with E-state index in [-0.39, 0.29) is 29.3 Å². The fourth-order valence-corrected chi connectivity index (χ4v) is 3.28. The molecule has 0 aliphatic heterocycles. The van der Waals surface area contributed by atoms with Crippen LogP contribution in [0, 0.1) is 0 Å². The lowest BCUT2D eigenvalue weighted by Crippen LogP contribution is -2.32. The van der Waals surface area contributed by atoms with E-state index >= 15 is 0 Å². The van der Waals surface area contributed by atoms with E-state index in [0.29, 0.717) is 6.42 Å². The van der Waals surface area contributed by atoms with Crippen molar-refractivity contribution in [2.24, 2.45) is 0 Å². The smallest absolute Gasteiger partial charge is 0.251 e. The van der Waals surface area contributed by atoms with Gasteiger partial charge in [-0.25, -0.2) is 21.6 Å². The number of carbonyl (C=O) groups is 1. The molecule has 0 aromatic heterocycles. The number of hydrogen-bond donors (Lipinski definition) is 3. The summed E-state index contributed by atoms with van der Waals surface area (Å²) in [7, 11) is -7.05. The molecule has 0 radical (unpaired) electrons. The van der Waals surface area contributed by atoms with Crippen molar-refractivity contribution in [1.29, 1.82) is 0 Å². The minimum Gasteiger partial charge on any atom is -0.392 e. The van der Waals surface area contributed by atoms with E-state index in [1.165, 1.54) is 24.3 Å². The molecule has 0 saturated carbocycles. The fraction of sp³-hybridized carbons (Fsp3) is 0.500. The van der Waals surface area contributed by atoms with Gasteiger partial charge in [0.25, 0.3) is 5.91 Å². The fourth-order valence-electron chi connectivity index (χ4n) is 1.69. The quantitative estimate of drug-likeness (QED) is 0.532. The second kappa shape index (κ2) is 8.56. The molecule has 1 amide bonds. The van der Waals surface area contributed by atoms with Crippen molar-refractivity contribution in [3.8, 4) is 0 Å². The summed E-state index contributed by atoms with van der Waals surface area (Å²) in [6.07, 6.45) is 0.677. The Morgan fingerprint density at radius 2 is 1.92 bits per heavy atom. The Kier molecular flexibility index (Phi) is 7.33. The number of aliphatic hydroxyl groups excluding tert-OH is 1. The highest BCUT2D eigenvalue weighted by Gasteiger charge is 2.17. The van der Waals surface area contributed by atoms with Crippen molar-refractivity contribution >= 4 is 25.8 Å². The predicted octanol–water partition coefficient (Wildman–Crippen LogP) is -0.490. The maximum Gasteiger partial charge on any atom is 0.251 e. The molecule has 1 aromatic rings. The Morgan fingerprint density at radius 3 is 2.50 bits per heavy atom. The van der Waals surface area contributed by atoms with Gasteiger partial charge in [-0.05, 0) is 24.6 Å². The third-order valence-electron chi connectivity index (χ3n) is 3.15. The molecule has 8 nitrogen and oxygen atoms in total. The molecule has 1 rings (SSSR count). The first-order valence-corrected chi connectivity index (χ1v) is 10.8. The van der Waals surface area contributed by atoms with Gasteiger partial charge in [-0.2, -0.15) is 0 Å². The topological polar surface area (TPSA) is 130 Å². The van der Waals surface area contributed by atoms with Gasteiger partial charge < -0.3 is 10.4 Å². The first kappa shape index (κ1) is 20.6. The van der Waals surface area contributed by atoms with Gasteiger partial charge in [0, 0.05) is 24.9 Å². The zero-order valence-electron chi connectivity index (χ0n) is 13.5. The van der Waals surface area contributed by atoms with Crippen molar-refractivity contribution in [2.75, 3.05) is 25.1 Å². The first-order valence-electron chi connectivity index (χ1n) is 7.29. The maximum absolute atomic E-state index is 12.1. The third kappa shape index (κ3) is 6.95. The van der Waals surface area contributed by atoms with Crippen LogP contribution in [0.4, 0.5) is 0 Å². The number of hydrogen-bond acceptors (Lipinski definition) is 6. The lowest BCUT2D eigenvalue weighted by Gasteiger charge is -2.11. The van der Waals surface area contributed by atoms with E-state index in [1.807, 2.05) is 0 Å². The molecule has 0 aliphatic carbocycles. The van der Waals surface area contributed by atoms with E-state index in [9.17, 15) is 26.7 Å². The van der Waals surface area contributed by atoms with Crippen LogP contribution in [0.25, 0.3) is 0 Å². The largest absolute Gasteiger partial charge is 0.392 e. The highest BCUT2D eigenvalue weighted by molar-refractivity contribution is 7.90. The minimum atomic E-state index is -3.85. The van der Waals surface area contributed by atoms with Gasteiger partial charge in [0.05, 0.1) is 16.8 Å². The van der Waals surface area contributed by atoms with Crippen LogP contribution >= 0.6 is 0 Å². The zero-order chi connectivity index (χ0) is 18.4. The average molecular weight is 378 g/mol. The van der Waals surface area contributed by atoms with Gasteiger partial charge in [-0.1, -0.05) is 13.0 Å². The molecule has 3 N–H and O–H groups in total. The van der Waals surface area contributed by atoms with Crippen LogP contribution in [0.15, 0.2) is 29.2 Å². The van der Waals surface area contributed by atoms with Crippen molar-refractivity contribution in [1.82, 2.24) is 10.0 Å². The van der Waals surface area contributed by atoms with Gasteiger partial charge in [0.1, 0.15) is 9.84 Å². The Labute approximate surface area is 142 Å². The molecule has 0 bridgehead atoms. The van der Waals surface area contributed by atoms with E-state index < -0.39 is 31.9 Å². The molecule has 10 heteroatoms. The SMILES string of the molecule is CC[C@@H](O)CNS(=O)(=O)c1cccc(C(=O)NCCS(C)(=O)=O)c1. The molecular weight excluding hydrogens is 356 g/mol. The van der Waals surface area contributed by atoms with Crippen molar-refractivity contribution in [3.05, 3.63) is 29.8 Å². The highest BCUT2D eigenvalue weighted by Crippen LogP contribution is 2.11. The van der Waals surface area contributed by atoms with Crippen LogP contribution < -0.4 is 10.0 Å². The highest BCUT2D eigenvalue weighted by atomic mass is 32.2. The molecule has 24 heavy (non-hydrogen) atoms. The summed E-state index contributed by atoms with van der Waals surface area (Å²) in [5.74, 6) is -0.767. The number of carbonyl (C=O) groups excluding carboxylic acids is 1. The first-order chi connectivity index (χ1) is 11.0. The van der Waals surface area contributed by atoms with Gasteiger partial charge >= 0.3 is 0 Å². The summed E-state index contributed by atoms with van der Waals surface area (Å²) in [6.45, 7) is 1.54. The zero-order valence-corrected chi connectivity index (χ0v) is 15.2. The minimum absolute atomic E-state index is 0.0599. The van der Waals surface area contributed by atoms with E-state index in [0.717, 1.165) is 6.26 Å². The van der Waals surface area contributed by atoms with Crippen molar-refractivity contribution in [2.45, 2.75) is 24.3 Å². The molecule has 136 valence electrons. The normalized spacial score (nSPS) is 13.5. The van der Waals surface area contributed by atoms with Crippen LogP contribution in [0.5, 0.6) is 0 Å². The monoisotopic (exact) mass is 378 g/mol. The predicted molar refractivity (Wildman–Crippen MR) is 90.0 cm³/mol. The van der Waals surface area contributed by atoms with Gasteiger partial charge in [0.2, 0.25) is 10.0 Å². The lowest BCUT2D eigenvalue weighted by atomic mass is 10.2. The van der Waals surface area contributed by atoms with Crippen molar-refractivity contribution < 1.29 is 26.7 Å². The summed E-state index contributed by atoms with van der Waals surface area (Å²) in [5.41, 5.74) is 0.0995. The van der Waals surface area contributed by atoms with Crippen LogP contribution in [0.1, 0.15) is 23.7 Å². The number of benzene rings is 1. The molecule has 0 aliphatic rings. The van der Waals surface area contributed by atoms with Crippen LogP contribution in [-0.4, -0.2) is 59.1 Å². The number of sulfonamides is 1. The average Bonchev–Trinajstić information content (AvgIpc) is 2.51. The number of amides is 1. The molecule has 0 fully saturated rings. The number of aliphatic hydroxyl groups is 1. The summed E-state index contributed by atoms with van der Waals surface area (Å²) in [4.78, 5) is 11.9. The Bertz CT molecular complexity index is 774. The summed E-state index contributed by atoms with van der Waals surface area (Å²) < 4.78 is 48.6. The van der Waals surface area contributed by atoms with Gasteiger partial charge in [0.15, 0.2) is 0 Å². The van der Waals surface area contributed by atoms with Gasteiger partial charge in [-0.15, -0.1) is 0 Å². The van der Waals surface area contributed by atoms with E-state index in [1.54, 1.807) is 6.92 Å². The Balaban J connectivity index is 2.80.